The molecule has 1 aromatic carbocycles. The molecule has 0 fully saturated rings. The second-order valence-corrected chi connectivity index (χ2v) is 3.80. The Hall–Kier alpha value is -2.03. The Morgan fingerprint density at radius 2 is 2.06 bits per heavy atom. The van der Waals surface area contributed by atoms with Crippen LogP contribution in [0, 0.1) is 6.92 Å². The van der Waals surface area contributed by atoms with Gasteiger partial charge in [0, 0.05) is 0 Å². The minimum Gasteiger partial charge on any atom is -0.494 e. The molecule has 1 heterocycles. The van der Waals surface area contributed by atoms with E-state index in [9.17, 15) is 0 Å². The number of benzene rings is 1. The monoisotopic (exact) mass is 229 g/mol. The third kappa shape index (κ3) is 2.38. The molecule has 2 aromatic rings. The van der Waals surface area contributed by atoms with Gasteiger partial charge in [-0.3, -0.25) is 0 Å². The van der Waals surface area contributed by atoms with Crippen LogP contribution in [-0.4, -0.2) is 12.8 Å². The number of methoxy groups -OCH3 is 1. The largest absolute Gasteiger partial charge is 0.494 e. The maximum absolute atomic E-state index is 5.36. The maximum Gasteiger partial charge on any atom is 0.147 e. The van der Waals surface area contributed by atoms with E-state index in [4.69, 9.17) is 9.15 Å². The average molecular weight is 229 g/mol. The molecule has 0 N–H and O–H groups in total. The van der Waals surface area contributed by atoms with Crippen molar-refractivity contribution in [2.24, 2.45) is 4.99 Å². The van der Waals surface area contributed by atoms with Crippen LogP contribution in [-0.2, 0) is 0 Å². The fourth-order valence-corrected chi connectivity index (χ4v) is 1.71. The number of aryl methyl sites for hydroxylation is 1. The van der Waals surface area contributed by atoms with Crippen molar-refractivity contribution in [2.45, 2.75) is 13.8 Å². The molecule has 88 valence electrons. The molecule has 0 unspecified atom stereocenters. The number of hydrogen-bond donors (Lipinski definition) is 0. The molecule has 0 aliphatic heterocycles. The van der Waals surface area contributed by atoms with Gasteiger partial charge in [-0.05, 0) is 37.6 Å². The molecule has 2 rings (SSSR count). The molecule has 0 bridgehead atoms. The van der Waals surface area contributed by atoms with E-state index < -0.39 is 0 Å². The van der Waals surface area contributed by atoms with Gasteiger partial charge in [-0.1, -0.05) is 12.1 Å². The van der Waals surface area contributed by atoms with Crippen LogP contribution in [0.15, 0.2) is 46.0 Å². The number of furan rings is 1. The van der Waals surface area contributed by atoms with E-state index in [1.54, 1.807) is 13.4 Å². The fraction of sp³-hybridized carbons (Fsp3) is 0.214. The summed E-state index contributed by atoms with van der Waals surface area (Å²) in [5.74, 6) is 1.58. The van der Waals surface area contributed by atoms with Crippen molar-refractivity contribution in [3.63, 3.8) is 0 Å². The molecule has 0 saturated heterocycles. The van der Waals surface area contributed by atoms with Crippen LogP contribution in [0.5, 0.6) is 5.75 Å². The Balaban J connectivity index is 2.42. The first-order valence-corrected chi connectivity index (χ1v) is 5.45. The van der Waals surface area contributed by atoms with Crippen LogP contribution in [0.3, 0.4) is 0 Å². The van der Waals surface area contributed by atoms with Gasteiger partial charge in [0.05, 0.1) is 19.1 Å². The Kier molecular flexibility index (Phi) is 3.28. The van der Waals surface area contributed by atoms with Crippen LogP contribution < -0.4 is 4.74 Å². The number of ether oxygens (including phenoxy) is 1. The lowest BCUT2D eigenvalue weighted by molar-refractivity contribution is 0.413. The van der Waals surface area contributed by atoms with Gasteiger partial charge in [-0.25, -0.2) is 4.99 Å². The highest BCUT2D eigenvalue weighted by atomic mass is 16.5. The van der Waals surface area contributed by atoms with Gasteiger partial charge in [-0.2, -0.15) is 0 Å². The lowest BCUT2D eigenvalue weighted by Crippen LogP contribution is -1.93. The molecule has 3 nitrogen and oxygen atoms in total. The molecule has 0 radical (unpaired) electrons. The van der Waals surface area contributed by atoms with Gasteiger partial charge in [0.25, 0.3) is 0 Å². The third-order valence-electron chi connectivity index (χ3n) is 2.56. The van der Waals surface area contributed by atoms with Crippen molar-refractivity contribution in [2.75, 3.05) is 7.11 Å². The van der Waals surface area contributed by atoms with Crippen LogP contribution >= 0.6 is 0 Å². The summed E-state index contributed by atoms with van der Waals surface area (Å²) in [7, 11) is 1.66. The molecule has 0 spiro atoms. The highest BCUT2D eigenvalue weighted by Gasteiger charge is 2.06. The number of nitrogens with zero attached hydrogens (tertiary/aromatic N) is 1. The zero-order chi connectivity index (χ0) is 12.3. The molecule has 17 heavy (non-hydrogen) atoms. The Morgan fingerprint density at radius 3 is 2.71 bits per heavy atom. The Morgan fingerprint density at radius 1 is 1.24 bits per heavy atom. The van der Waals surface area contributed by atoms with E-state index in [1.165, 1.54) is 0 Å². The SMILES string of the molecule is COc1c(C)cccc1N=C(C)c1ccco1. The lowest BCUT2D eigenvalue weighted by atomic mass is 10.2. The van der Waals surface area contributed by atoms with Gasteiger partial charge in [0.2, 0.25) is 0 Å². The van der Waals surface area contributed by atoms with Crippen LogP contribution in [0.2, 0.25) is 0 Å². The van der Waals surface area contributed by atoms with E-state index >= 15 is 0 Å². The number of hydrogen-bond acceptors (Lipinski definition) is 3. The molecule has 3 heteroatoms. The number of aliphatic imine (C=N–C) groups is 1. The van der Waals surface area contributed by atoms with Crippen molar-refractivity contribution >= 4 is 11.4 Å². The van der Waals surface area contributed by atoms with Gasteiger partial charge in [0.15, 0.2) is 0 Å². The summed E-state index contributed by atoms with van der Waals surface area (Å²) in [4.78, 5) is 4.53. The zero-order valence-corrected chi connectivity index (χ0v) is 10.2. The summed E-state index contributed by atoms with van der Waals surface area (Å²) in [5, 5.41) is 0. The predicted octanol–water partition coefficient (Wildman–Crippen LogP) is 3.74. The first-order chi connectivity index (χ1) is 8.22. The van der Waals surface area contributed by atoms with Crippen molar-refractivity contribution in [1.82, 2.24) is 0 Å². The average Bonchev–Trinajstić information content (AvgIpc) is 2.82. The molecule has 0 amide bonds. The fourth-order valence-electron chi connectivity index (χ4n) is 1.71. The second kappa shape index (κ2) is 4.87. The van der Waals surface area contributed by atoms with Crippen LogP contribution in [0.25, 0.3) is 0 Å². The summed E-state index contributed by atoms with van der Waals surface area (Å²) in [6, 6.07) is 9.63. The topological polar surface area (TPSA) is 34.7 Å². The highest BCUT2D eigenvalue weighted by Crippen LogP contribution is 2.31. The molecule has 0 atom stereocenters. The predicted molar refractivity (Wildman–Crippen MR) is 68.3 cm³/mol. The molecule has 0 aliphatic carbocycles. The van der Waals surface area contributed by atoms with Gasteiger partial charge in [0.1, 0.15) is 17.2 Å². The summed E-state index contributed by atoms with van der Waals surface area (Å²) < 4.78 is 10.7. The third-order valence-corrected chi connectivity index (χ3v) is 2.56. The standard InChI is InChI=1S/C14H15NO2/c1-10-6-4-7-12(14(10)16-3)15-11(2)13-8-5-9-17-13/h4-9H,1-3H3. The lowest BCUT2D eigenvalue weighted by Gasteiger charge is -2.07. The molecule has 1 aromatic heterocycles. The normalized spacial score (nSPS) is 11.6. The van der Waals surface area contributed by atoms with Crippen molar-refractivity contribution < 1.29 is 9.15 Å². The van der Waals surface area contributed by atoms with Gasteiger partial charge < -0.3 is 9.15 Å². The first-order valence-electron chi connectivity index (χ1n) is 5.45. The molecule has 0 aliphatic rings. The van der Waals surface area contributed by atoms with Crippen molar-refractivity contribution in [1.29, 1.82) is 0 Å². The Labute approximate surface area is 101 Å². The van der Waals surface area contributed by atoms with E-state index in [2.05, 4.69) is 4.99 Å². The van der Waals surface area contributed by atoms with Crippen LogP contribution in [0.1, 0.15) is 18.2 Å². The molecular formula is C14H15NO2. The summed E-state index contributed by atoms with van der Waals surface area (Å²) in [6.45, 7) is 3.92. The first kappa shape index (κ1) is 11.5. The smallest absolute Gasteiger partial charge is 0.147 e. The van der Waals surface area contributed by atoms with Gasteiger partial charge >= 0.3 is 0 Å². The van der Waals surface area contributed by atoms with Crippen molar-refractivity contribution in [3.8, 4) is 5.75 Å². The highest BCUT2D eigenvalue weighted by molar-refractivity contribution is 5.98. The number of rotatable bonds is 3. The summed E-state index contributed by atoms with van der Waals surface area (Å²) in [5.41, 5.74) is 2.72. The number of para-hydroxylation sites is 1. The quantitative estimate of drug-likeness (QED) is 0.751. The minimum atomic E-state index is 0.772. The van der Waals surface area contributed by atoms with Gasteiger partial charge in [-0.15, -0.1) is 0 Å². The Bertz CT molecular complexity index is 527. The zero-order valence-electron chi connectivity index (χ0n) is 10.2. The maximum atomic E-state index is 5.36. The summed E-state index contributed by atoms with van der Waals surface area (Å²) in [6.07, 6.45) is 1.64. The second-order valence-electron chi connectivity index (χ2n) is 3.80. The summed E-state index contributed by atoms with van der Waals surface area (Å²) >= 11 is 0. The van der Waals surface area contributed by atoms with E-state index in [0.717, 1.165) is 28.5 Å². The van der Waals surface area contributed by atoms with E-state index in [0.29, 0.717) is 0 Å². The molecular weight excluding hydrogens is 214 g/mol. The van der Waals surface area contributed by atoms with Crippen molar-refractivity contribution in [3.05, 3.63) is 47.9 Å². The van der Waals surface area contributed by atoms with E-state index in [-0.39, 0.29) is 0 Å². The minimum absolute atomic E-state index is 0.772. The van der Waals surface area contributed by atoms with E-state index in [1.807, 2.05) is 44.2 Å². The van der Waals surface area contributed by atoms with Crippen LogP contribution in [0.4, 0.5) is 5.69 Å². The molecule has 0 saturated carbocycles.